The Balaban J connectivity index is 1.22. The average Bonchev–Trinajstić information content (AvgIpc) is 3.39. The van der Waals surface area contributed by atoms with Crippen molar-refractivity contribution in [2.45, 2.75) is 19.4 Å². The fourth-order valence-corrected chi connectivity index (χ4v) is 3.60. The average molecular weight is 384 g/mol. The van der Waals surface area contributed by atoms with Crippen molar-refractivity contribution in [3.8, 4) is 11.6 Å². The Labute approximate surface area is 168 Å². The van der Waals surface area contributed by atoms with E-state index < -0.39 is 0 Å². The van der Waals surface area contributed by atoms with Crippen molar-refractivity contribution in [1.29, 1.82) is 0 Å². The molecular weight excluding hydrogens is 364 g/mol. The molecule has 0 fully saturated rings. The molecule has 0 saturated heterocycles. The fourth-order valence-electron chi connectivity index (χ4n) is 3.60. The lowest BCUT2D eigenvalue weighted by Crippen LogP contribution is -2.24. The van der Waals surface area contributed by atoms with Gasteiger partial charge in [-0.1, -0.05) is 30.3 Å². The molecule has 0 aliphatic carbocycles. The maximum atomic E-state index is 12.3. The lowest BCUT2D eigenvalue weighted by Gasteiger charge is -2.08. The maximum Gasteiger partial charge on any atom is 0.224 e. The molecular formula is C23H20N4O2. The number of nitrogens with zero attached hydrogens (tertiary/aromatic N) is 3. The molecule has 5 rings (SSSR count). The number of ether oxygens (including phenoxy) is 1. The number of aromatic nitrogens is 3. The summed E-state index contributed by atoms with van der Waals surface area (Å²) in [5, 5.41) is 2.97. The lowest BCUT2D eigenvalue weighted by molar-refractivity contribution is -0.120. The highest BCUT2D eigenvalue weighted by Gasteiger charge is 2.13. The molecule has 0 radical (unpaired) electrons. The molecule has 2 aromatic carbocycles. The van der Waals surface area contributed by atoms with E-state index in [1.54, 1.807) is 12.5 Å². The number of pyridine rings is 1. The van der Waals surface area contributed by atoms with Crippen molar-refractivity contribution < 1.29 is 9.53 Å². The topological polar surface area (TPSA) is 69.0 Å². The van der Waals surface area contributed by atoms with Gasteiger partial charge in [-0.2, -0.15) is 0 Å². The molecule has 2 aromatic heterocycles. The van der Waals surface area contributed by atoms with Gasteiger partial charge in [-0.25, -0.2) is 9.97 Å². The molecule has 1 amide bonds. The largest absolute Gasteiger partial charge is 0.493 e. The number of fused-ring (bicyclic) bond motifs is 2. The standard InChI is InChI=1S/C23H20N4O2/c28-23(12-16-5-7-21-18(11-16)9-10-29-21)25-14-17-6-8-22(24-13-17)27-15-26-19-3-1-2-4-20(19)27/h1-8,11,13,15H,9-10,12,14H2,(H,25,28). The molecule has 6 nitrogen and oxygen atoms in total. The third kappa shape index (κ3) is 3.57. The van der Waals surface area contributed by atoms with Crippen molar-refractivity contribution in [3.63, 3.8) is 0 Å². The second kappa shape index (κ2) is 7.39. The molecule has 4 aromatic rings. The van der Waals surface area contributed by atoms with Gasteiger partial charge in [0.25, 0.3) is 0 Å². The summed E-state index contributed by atoms with van der Waals surface area (Å²) in [5.41, 5.74) is 5.09. The van der Waals surface area contributed by atoms with Gasteiger partial charge in [0.05, 0.1) is 24.1 Å². The minimum absolute atomic E-state index is 0.00598. The Bertz CT molecular complexity index is 1180. The number of hydrogen-bond acceptors (Lipinski definition) is 4. The van der Waals surface area contributed by atoms with Crippen LogP contribution in [0.25, 0.3) is 16.9 Å². The van der Waals surface area contributed by atoms with Crippen LogP contribution in [-0.4, -0.2) is 27.0 Å². The fraction of sp³-hybridized carbons (Fsp3) is 0.174. The van der Waals surface area contributed by atoms with Gasteiger partial charge in [-0.15, -0.1) is 0 Å². The van der Waals surface area contributed by atoms with Crippen LogP contribution in [0.4, 0.5) is 0 Å². The Morgan fingerprint density at radius 3 is 2.86 bits per heavy atom. The number of hydrogen-bond donors (Lipinski definition) is 1. The molecule has 0 unspecified atom stereocenters. The van der Waals surface area contributed by atoms with Crippen LogP contribution in [0.5, 0.6) is 5.75 Å². The number of para-hydroxylation sites is 2. The molecule has 144 valence electrons. The summed E-state index contributed by atoms with van der Waals surface area (Å²) >= 11 is 0. The summed E-state index contributed by atoms with van der Waals surface area (Å²) < 4.78 is 7.46. The summed E-state index contributed by atoms with van der Waals surface area (Å²) in [6.07, 6.45) is 4.84. The molecule has 6 heteroatoms. The molecule has 0 saturated carbocycles. The van der Waals surface area contributed by atoms with Crippen LogP contribution < -0.4 is 10.1 Å². The van der Waals surface area contributed by atoms with Crippen molar-refractivity contribution in [2.75, 3.05) is 6.61 Å². The number of nitrogens with one attached hydrogen (secondary N) is 1. The van der Waals surface area contributed by atoms with Crippen LogP contribution in [0.15, 0.2) is 67.1 Å². The van der Waals surface area contributed by atoms with Gasteiger partial charge < -0.3 is 10.1 Å². The first-order valence-corrected chi connectivity index (χ1v) is 9.65. The quantitative estimate of drug-likeness (QED) is 0.574. The van der Waals surface area contributed by atoms with Crippen molar-refractivity contribution >= 4 is 16.9 Å². The van der Waals surface area contributed by atoms with Gasteiger partial charge in [0, 0.05) is 19.2 Å². The SMILES string of the molecule is O=C(Cc1ccc2c(c1)CCO2)NCc1ccc(-n2cnc3ccccc32)nc1. The highest BCUT2D eigenvalue weighted by atomic mass is 16.5. The molecule has 1 N–H and O–H groups in total. The first kappa shape index (κ1) is 17.4. The van der Waals surface area contributed by atoms with Gasteiger partial charge in [-0.05, 0) is 41.0 Å². The first-order valence-electron chi connectivity index (χ1n) is 9.65. The minimum atomic E-state index is -0.00598. The van der Waals surface area contributed by atoms with Crippen LogP contribution in [0, 0.1) is 0 Å². The van der Waals surface area contributed by atoms with Gasteiger partial charge in [-0.3, -0.25) is 9.36 Å². The number of rotatable bonds is 5. The Morgan fingerprint density at radius 2 is 1.97 bits per heavy atom. The second-order valence-corrected chi connectivity index (χ2v) is 7.12. The van der Waals surface area contributed by atoms with Crippen LogP contribution in [0.2, 0.25) is 0 Å². The highest BCUT2D eigenvalue weighted by Crippen LogP contribution is 2.26. The summed E-state index contributed by atoms with van der Waals surface area (Å²) in [4.78, 5) is 21.2. The van der Waals surface area contributed by atoms with Crippen molar-refractivity contribution in [3.05, 3.63) is 83.8 Å². The third-order valence-corrected chi connectivity index (χ3v) is 5.12. The Kier molecular flexibility index (Phi) is 4.44. The lowest BCUT2D eigenvalue weighted by atomic mass is 10.1. The number of carbonyl (C=O) groups excluding carboxylic acids is 1. The second-order valence-electron chi connectivity index (χ2n) is 7.12. The van der Waals surface area contributed by atoms with Crippen molar-refractivity contribution in [1.82, 2.24) is 19.9 Å². The molecule has 1 aliphatic heterocycles. The van der Waals surface area contributed by atoms with E-state index >= 15 is 0 Å². The number of amides is 1. The summed E-state index contributed by atoms with van der Waals surface area (Å²) in [6.45, 7) is 1.17. The zero-order valence-corrected chi connectivity index (χ0v) is 15.8. The summed E-state index contributed by atoms with van der Waals surface area (Å²) in [6, 6.07) is 17.8. The van der Waals surface area contributed by atoms with E-state index in [0.29, 0.717) is 13.0 Å². The first-order chi connectivity index (χ1) is 14.3. The van der Waals surface area contributed by atoms with Crippen LogP contribution in [-0.2, 0) is 24.2 Å². The van der Waals surface area contributed by atoms with E-state index in [0.717, 1.165) is 46.8 Å². The van der Waals surface area contributed by atoms with E-state index in [-0.39, 0.29) is 5.91 Å². The van der Waals surface area contributed by atoms with E-state index in [1.165, 1.54) is 5.56 Å². The monoisotopic (exact) mass is 384 g/mol. The van der Waals surface area contributed by atoms with E-state index in [1.807, 2.05) is 53.1 Å². The molecule has 1 aliphatic rings. The van der Waals surface area contributed by atoms with E-state index in [4.69, 9.17) is 4.74 Å². The Hall–Kier alpha value is -3.67. The minimum Gasteiger partial charge on any atom is -0.493 e. The van der Waals surface area contributed by atoms with Gasteiger partial charge in [0.15, 0.2) is 0 Å². The van der Waals surface area contributed by atoms with Gasteiger partial charge in [0.1, 0.15) is 17.9 Å². The van der Waals surface area contributed by atoms with Gasteiger partial charge in [0.2, 0.25) is 5.91 Å². The maximum absolute atomic E-state index is 12.3. The predicted octanol–water partition coefficient (Wildman–Crippen LogP) is 3.21. The molecule has 0 atom stereocenters. The number of carbonyl (C=O) groups is 1. The zero-order valence-electron chi connectivity index (χ0n) is 15.8. The van der Waals surface area contributed by atoms with Gasteiger partial charge >= 0.3 is 0 Å². The predicted molar refractivity (Wildman–Crippen MR) is 110 cm³/mol. The molecule has 3 heterocycles. The Morgan fingerprint density at radius 1 is 1.07 bits per heavy atom. The van der Waals surface area contributed by atoms with Crippen LogP contribution >= 0.6 is 0 Å². The summed E-state index contributed by atoms with van der Waals surface area (Å²) in [7, 11) is 0. The van der Waals surface area contributed by atoms with Crippen LogP contribution in [0.3, 0.4) is 0 Å². The molecule has 0 spiro atoms. The highest BCUT2D eigenvalue weighted by molar-refractivity contribution is 5.79. The number of benzene rings is 2. The molecule has 29 heavy (non-hydrogen) atoms. The number of imidazole rings is 1. The molecule has 0 bridgehead atoms. The zero-order chi connectivity index (χ0) is 19.6. The summed E-state index contributed by atoms with van der Waals surface area (Å²) in [5.74, 6) is 1.73. The third-order valence-electron chi connectivity index (χ3n) is 5.12. The van der Waals surface area contributed by atoms with E-state index in [2.05, 4.69) is 21.4 Å². The normalized spacial score (nSPS) is 12.6. The van der Waals surface area contributed by atoms with Crippen molar-refractivity contribution in [2.24, 2.45) is 0 Å². The van der Waals surface area contributed by atoms with Crippen LogP contribution in [0.1, 0.15) is 16.7 Å². The van der Waals surface area contributed by atoms with E-state index in [9.17, 15) is 4.79 Å². The smallest absolute Gasteiger partial charge is 0.224 e.